The lowest BCUT2D eigenvalue weighted by Crippen LogP contribution is -2.21. The van der Waals surface area contributed by atoms with Gasteiger partial charge in [0.15, 0.2) is 15.4 Å². The van der Waals surface area contributed by atoms with Gasteiger partial charge in [0.2, 0.25) is 0 Å². The monoisotopic (exact) mass is 895 g/mol. The fraction of sp³-hybridized carbons (Fsp3) is 0.297. The molecule has 6 heterocycles. The van der Waals surface area contributed by atoms with Crippen LogP contribution in [0.4, 0.5) is 0 Å². The Morgan fingerprint density at radius 2 is 1.27 bits per heavy atom. The van der Waals surface area contributed by atoms with E-state index in [0.29, 0.717) is 83.5 Å². The van der Waals surface area contributed by atoms with Crippen molar-refractivity contribution in [3.8, 4) is 11.4 Å². The lowest BCUT2D eigenvalue weighted by atomic mass is 10.1. The maximum atomic E-state index is 11.9. The highest BCUT2D eigenvalue weighted by atomic mass is 35.5. The van der Waals surface area contributed by atoms with E-state index in [9.17, 15) is 23.2 Å². The lowest BCUT2D eigenvalue weighted by molar-refractivity contribution is 0.154. The summed E-state index contributed by atoms with van der Waals surface area (Å²) in [6.45, 7) is 1.61. The van der Waals surface area contributed by atoms with Crippen LogP contribution in [0, 0.1) is 0 Å². The first kappa shape index (κ1) is 39.6. The van der Waals surface area contributed by atoms with Crippen LogP contribution >= 0.6 is 69.1 Å². The van der Waals surface area contributed by atoms with Crippen LogP contribution < -0.4 is 0 Å². The van der Waals surface area contributed by atoms with E-state index in [4.69, 9.17) is 60.3 Å². The average Bonchev–Trinajstić information content (AvgIpc) is 3.97. The minimum atomic E-state index is -4.46. The molecule has 12 nitrogen and oxygen atoms in total. The predicted molar refractivity (Wildman–Crippen MR) is 222 cm³/mol. The molecule has 6 aromatic heterocycles. The SMILES string of the molecule is CN(CCCCC(O)c1nn(-c2ccc(Cl)cc2Cl)c2c1oc1ccsc12)CCCCC(O)c1nn(-c2ccc(Cl)cc2Cl)c2c1oc1cc(S(=O)(=O)O)sc12. The number of fused-ring (bicyclic) bond motifs is 6. The number of thiophene rings is 2. The van der Waals surface area contributed by atoms with Crippen LogP contribution in [0.2, 0.25) is 20.1 Å². The van der Waals surface area contributed by atoms with Gasteiger partial charge < -0.3 is 23.9 Å². The van der Waals surface area contributed by atoms with E-state index in [1.807, 2.05) is 18.5 Å². The normalized spacial score (nSPS) is 13.7. The Balaban J connectivity index is 0.875. The van der Waals surface area contributed by atoms with Gasteiger partial charge in [-0.25, -0.2) is 9.36 Å². The zero-order valence-electron chi connectivity index (χ0n) is 29.5. The molecule has 3 N–H and O–H groups in total. The molecule has 0 aliphatic carbocycles. The van der Waals surface area contributed by atoms with Gasteiger partial charge in [-0.05, 0) is 107 Å². The molecular formula is C37H33Cl4N5O7S3. The van der Waals surface area contributed by atoms with Crippen molar-refractivity contribution in [2.45, 2.75) is 54.9 Å². The average molecular weight is 898 g/mol. The topological polar surface area (TPSA) is 160 Å². The maximum absolute atomic E-state index is 11.9. The molecule has 294 valence electrons. The van der Waals surface area contributed by atoms with Gasteiger partial charge in [0.25, 0.3) is 0 Å². The van der Waals surface area contributed by atoms with Crippen LogP contribution in [0.15, 0.2) is 67.0 Å². The van der Waals surface area contributed by atoms with E-state index >= 15 is 0 Å². The first-order valence-corrected chi connectivity index (χ1v) is 22.2. The van der Waals surface area contributed by atoms with Gasteiger partial charge in [-0.3, -0.25) is 4.55 Å². The smallest absolute Gasteiger partial charge is 0.304 e. The Morgan fingerprint density at radius 1 is 0.750 bits per heavy atom. The molecule has 0 saturated carbocycles. The lowest BCUT2D eigenvalue weighted by Gasteiger charge is -2.17. The summed E-state index contributed by atoms with van der Waals surface area (Å²) in [5.41, 5.74) is 4.88. The number of hydrogen-bond donors (Lipinski definition) is 3. The van der Waals surface area contributed by atoms with Crippen molar-refractivity contribution in [3.63, 3.8) is 0 Å². The van der Waals surface area contributed by atoms with E-state index in [-0.39, 0.29) is 9.79 Å². The Morgan fingerprint density at radius 3 is 1.79 bits per heavy atom. The highest BCUT2D eigenvalue weighted by Crippen LogP contribution is 2.43. The van der Waals surface area contributed by atoms with Crippen LogP contribution in [0.25, 0.3) is 54.1 Å². The van der Waals surface area contributed by atoms with E-state index in [1.165, 1.54) is 22.1 Å². The molecule has 8 rings (SSSR count). The molecule has 56 heavy (non-hydrogen) atoms. The summed E-state index contributed by atoms with van der Waals surface area (Å²) < 4.78 is 49.9. The highest BCUT2D eigenvalue weighted by Gasteiger charge is 2.29. The van der Waals surface area contributed by atoms with Gasteiger partial charge in [-0.1, -0.05) is 46.4 Å². The zero-order chi connectivity index (χ0) is 39.5. The quantitative estimate of drug-likeness (QED) is 0.0667. The van der Waals surface area contributed by atoms with Gasteiger partial charge in [-0.2, -0.15) is 18.6 Å². The number of halogens is 4. The molecule has 19 heteroatoms. The molecule has 0 saturated heterocycles. The van der Waals surface area contributed by atoms with E-state index in [2.05, 4.69) is 10.00 Å². The summed E-state index contributed by atoms with van der Waals surface area (Å²) in [5, 5.41) is 35.7. The molecule has 0 aliphatic rings. The van der Waals surface area contributed by atoms with E-state index in [1.54, 1.807) is 41.1 Å². The number of nitrogens with zero attached hydrogens (tertiary/aromatic N) is 5. The minimum absolute atomic E-state index is 0.239. The number of unbranched alkanes of at least 4 members (excludes halogenated alkanes) is 2. The second-order valence-corrected chi connectivity index (χ2v) is 18.8. The third-order valence-electron chi connectivity index (χ3n) is 9.59. The van der Waals surface area contributed by atoms with Crippen molar-refractivity contribution in [2.24, 2.45) is 0 Å². The highest BCUT2D eigenvalue weighted by molar-refractivity contribution is 7.88. The summed E-state index contributed by atoms with van der Waals surface area (Å²) in [4.78, 5) is 2.22. The third-order valence-corrected chi connectivity index (χ3v) is 14.0. The summed E-state index contributed by atoms with van der Waals surface area (Å²) in [7, 11) is -2.42. The number of aliphatic hydroxyl groups excluding tert-OH is 2. The number of benzene rings is 2. The Hall–Kier alpha value is -3.19. The fourth-order valence-corrected chi connectivity index (χ4v) is 10.4. The van der Waals surface area contributed by atoms with Crippen LogP contribution in [0.5, 0.6) is 0 Å². The molecule has 8 aromatic rings. The van der Waals surface area contributed by atoms with Crippen molar-refractivity contribution in [2.75, 3.05) is 20.1 Å². The van der Waals surface area contributed by atoms with Crippen LogP contribution in [0.3, 0.4) is 0 Å². The number of rotatable bonds is 15. The molecule has 0 amide bonds. The molecule has 0 fully saturated rings. The second-order valence-electron chi connectivity index (χ2n) is 13.5. The fourth-order valence-electron chi connectivity index (χ4n) is 6.85. The molecular weight excluding hydrogens is 864 g/mol. The van der Waals surface area contributed by atoms with Crippen LogP contribution in [-0.2, 0) is 10.1 Å². The molecule has 2 unspecified atom stereocenters. The van der Waals surface area contributed by atoms with Crippen LogP contribution in [-0.4, -0.2) is 67.8 Å². The Kier molecular flexibility index (Phi) is 11.2. The van der Waals surface area contributed by atoms with Gasteiger partial charge in [0.05, 0.1) is 26.1 Å². The number of furan rings is 2. The molecule has 0 spiro atoms. The summed E-state index contributed by atoms with van der Waals surface area (Å²) in [6.07, 6.45) is 2.21. The van der Waals surface area contributed by atoms with E-state index in [0.717, 1.165) is 59.5 Å². The van der Waals surface area contributed by atoms with Crippen LogP contribution in [0.1, 0.15) is 62.1 Å². The van der Waals surface area contributed by atoms with Gasteiger partial charge in [-0.15, -0.1) is 22.7 Å². The van der Waals surface area contributed by atoms with Crippen molar-refractivity contribution in [3.05, 3.63) is 85.4 Å². The Labute approximate surface area is 348 Å². The molecule has 2 atom stereocenters. The maximum Gasteiger partial charge on any atom is 0.304 e. The first-order valence-electron chi connectivity index (χ1n) is 17.5. The van der Waals surface area contributed by atoms with Crippen molar-refractivity contribution >= 4 is 122 Å². The molecule has 0 bridgehead atoms. The summed E-state index contributed by atoms with van der Waals surface area (Å²) in [6, 6.07) is 13.2. The molecule has 0 radical (unpaired) electrons. The van der Waals surface area contributed by atoms with Gasteiger partial charge in [0.1, 0.15) is 50.5 Å². The van der Waals surface area contributed by atoms with Gasteiger partial charge in [0, 0.05) is 16.1 Å². The number of aromatic nitrogens is 4. The van der Waals surface area contributed by atoms with Crippen molar-refractivity contribution in [1.82, 2.24) is 24.5 Å². The molecule has 2 aromatic carbocycles. The van der Waals surface area contributed by atoms with Crippen molar-refractivity contribution in [1.29, 1.82) is 0 Å². The molecule has 0 aliphatic heterocycles. The van der Waals surface area contributed by atoms with Gasteiger partial charge >= 0.3 is 10.1 Å². The number of hydrogen-bond acceptors (Lipinski definition) is 11. The summed E-state index contributed by atoms with van der Waals surface area (Å²) >= 11 is 27.7. The van der Waals surface area contributed by atoms with Crippen molar-refractivity contribution < 1.29 is 32.0 Å². The summed E-state index contributed by atoms with van der Waals surface area (Å²) in [5.74, 6) is 0. The third kappa shape index (κ3) is 7.60. The first-order chi connectivity index (χ1) is 26.8. The zero-order valence-corrected chi connectivity index (χ0v) is 34.9. The largest absolute Gasteiger partial charge is 0.451 e. The second kappa shape index (κ2) is 15.9. The minimum Gasteiger partial charge on any atom is -0.451 e. The Bertz CT molecular complexity index is 2840. The van der Waals surface area contributed by atoms with E-state index < -0.39 is 22.3 Å². The predicted octanol–water partition coefficient (Wildman–Crippen LogP) is 10.9. The standard InChI is InChI=1S/C37H33Cl4N5O7S3/c1-44(13-4-2-6-25(47)30-34-32(36-27(52-34)12-15-54-36)45(42-30)23-10-8-19(38)16-21(23)40)14-5-3-7-26(48)31-35-33(37-28(53-35)18-29(55-37)56(49,50)51)46(43-31)24-11-9-20(39)17-22(24)41/h8-12,15-18,25-26,47-48H,2-7,13-14H2,1H3,(H,49,50,51). The number of aliphatic hydroxyl groups is 2.